The highest BCUT2D eigenvalue weighted by Crippen LogP contribution is 2.47. The molecule has 2 aliphatic heterocycles. The van der Waals surface area contributed by atoms with Crippen molar-refractivity contribution >= 4 is 5.91 Å². The van der Waals surface area contributed by atoms with Gasteiger partial charge in [-0.25, -0.2) is 0 Å². The Morgan fingerprint density at radius 3 is 2.28 bits per heavy atom. The van der Waals surface area contributed by atoms with E-state index in [1.165, 1.54) is 5.56 Å². The minimum atomic E-state index is -0.129. The number of hydrogen-bond donors (Lipinski definition) is 0. The molecule has 2 fully saturated rings. The number of rotatable bonds is 4. The van der Waals surface area contributed by atoms with Crippen molar-refractivity contribution in [3.8, 4) is 0 Å². The average molecular weight is 389 g/mol. The van der Waals surface area contributed by atoms with Crippen molar-refractivity contribution in [1.82, 2.24) is 9.80 Å². The van der Waals surface area contributed by atoms with Gasteiger partial charge in [0, 0.05) is 24.2 Å². The number of benzene rings is 2. The van der Waals surface area contributed by atoms with E-state index < -0.39 is 0 Å². The van der Waals surface area contributed by atoms with Crippen LogP contribution >= 0.6 is 0 Å². The van der Waals surface area contributed by atoms with Gasteiger partial charge in [0.05, 0.1) is 6.54 Å². The molecular formula is C25H28N2O2. The monoisotopic (exact) mass is 388 g/mol. The molecule has 5 rings (SSSR count). The predicted octanol–water partition coefficient (Wildman–Crippen LogP) is 4.45. The molecule has 0 aromatic heterocycles. The lowest BCUT2D eigenvalue weighted by Gasteiger charge is -2.38. The van der Waals surface area contributed by atoms with Crippen LogP contribution in [0.2, 0.25) is 0 Å². The van der Waals surface area contributed by atoms with Crippen molar-refractivity contribution in [3.63, 3.8) is 0 Å². The molecule has 0 radical (unpaired) electrons. The van der Waals surface area contributed by atoms with E-state index in [9.17, 15) is 4.79 Å². The predicted molar refractivity (Wildman–Crippen MR) is 113 cm³/mol. The minimum absolute atomic E-state index is 0.0826. The molecule has 3 aliphatic rings. The summed E-state index contributed by atoms with van der Waals surface area (Å²) in [5.74, 6) is 1.52. The van der Waals surface area contributed by atoms with Crippen molar-refractivity contribution in [3.05, 3.63) is 83.7 Å². The zero-order valence-electron chi connectivity index (χ0n) is 16.8. The highest BCUT2D eigenvalue weighted by Gasteiger charge is 2.51. The number of likely N-dealkylation sites (tertiary alicyclic amines) is 1. The van der Waals surface area contributed by atoms with E-state index in [1.807, 2.05) is 41.4 Å². The Morgan fingerprint density at radius 1 is 0.966 bits per heavy atom. The first-order valence-electron chi connectivity index (χ1n) is 10.7. The van der Waals surface area contributed by atoms with E-state index in [4.69, 9.17) is 4.74 Å². The van der Waals surface area contributed by atoms with Gasteiger partial charge in [-0.05, 0) is 56.5 Å². The lowest BCUT2D eigenvalue weighted by Crippen LogP contribution is -2.42. The smallest absolute Gasteiger partial charge is 0.258 e. The lowest BCUT2D eigenvalue weighted by atomic mass is 9.93. The number of ether oxygens (including phenoxy) is 1. The number of hydrogen-bond acceptors (Lipinski definition) is 3. The van der Waals surface area contributed by atoms with Crippen LogP contribution in [-0.2, 0) is 11.3 Å². The van der Waals surface area contributed by atoms with E-state index in [2.05, 4.69) is 35.2 Å². The van der Waals surface area contributed by atoms with Crippen molar-refractivity contribution < 1.29 is 9.53 Å². The molecule has 4 nitrogen and oxygen atoms in total. The Bertz CT molecular complexity index is 882. The fourth-order valence-electron chi connectivity index (χ4n) is 4.50. The summed E-state index contributed by atoms with van der Waals surface area (Å²) in [6, 6.07) is 20.3. The Morgan fingerprint density at radius 2 is 1.62 bits per heavy atom. The normalized spacial score (nSPS) is 21.5. The first kappa shape index (κ1) is 18.4. The highest BCUT2D eigenvalue weighted by atomic mass is 16.5. The summed E-state index contributed by atoms with van der Waals surface area (Å²) in [5, 5.41) is 0. The number of piperidine rings is 1. The Balaban J connectivity index is 1.26. The summed E-state index contributed by atoms with van der Waals surface area (Å²) >= 11 is 0. The third-order valence-corrected chi connectivity index (χ3v) is 6.40. The van der Waals surface area contributed by atoms with Crippen LogP contribution in [0.3, 0.4) is 0 Å². The first-order valence-corrected chi connectivity index (χ1v) is 10.7. The van der Waals surface area contributed by atoms with E-state index in [-0.39, 0.29) is 11.5 Å². The van der Waals surface area contributed by atoms with Gasteiger partial charge in [0.1, 0.15) is 11.4 Å². The van der Waals surface area contributed by atoms with E-state index in [0.717, 1.165) is 56.6 Å². The zero-order valence-corrected chi connectivity index (χ0v) is 16.8. The molecule has 1 spiro atoms. The molecule has 2 aromatic rings. The molecule has 1 saturated heterocycles. The van der Waals surface area contributed by atoms with Gasteiger partial charge >= 0.3 is 0 Å². The summed E-state index contributed by atoms with van der Waals surface area (Å²) in [6.07, 6.45) is 6.27. The number of nitrogens with zero attached hydrogens (tertiary/aromatic N) is 2. The summed E-state index contributed by atoms with van der Waals surface area (Å²) in [4.78, 5) is 17.4. The first-order chi connectivity index (χ1) is 14.2. The number of carbonyl (C=O) groups excluding carboxylic acids is 1. The maximum absolute atomic E-state index is 13.0. The topological polar surface area (TPSA) is 32.8 Å². The van der Waals surface area contributed by atoms with Crippen LogP contribution in [0, 0.1) is 5.92 Å². The zero-order chi connectivity index (χ0) is 19.7. The second-order valence-corrected chi connectivity index (χ2v) is 8.65. The lowest BCUT2D eigenvalue weighted by molar-refractivity contribution is 0.0115. The largest absolute Gasteiger partial charge is 0.488 e. The van der Waals surface area contributed by atoms with E-state index in [0.29, 0.717) is 12.5 Å². The molecule has 0 bridgehead atoms. The second-order valence-electron chi connectivity index (χ2n) is 8.65. The van der Waals surface area contributed by atoms with Crippen LogP contribution < -0.4 is 0 Å². The molecule has 0 N–H and O–H groups in total. The summed E-state index contributed by atoms with van der Waals surface area (Å²) in [7, 11) is 0. The van der Waals surface area contributed by atoms with Crippen LogP contribution in [0.15, 0.2) is 72.6 Å². The van der Waals surface area contributed by atoms with E-state index >= 15 is 0 Å². The third-order valence-electron chi connectivity index (χ3n) is 6.40. The molecule has 150 valence electrons. The standard InChI is InChI=1S/C25H28N2O2/c28-24(22-9-5-2-6-10-22)27-18-23(29-25(19-27)13-14-25)21-11-15-26(16-12-21)17-20-7-3-1-4-8-20/h1-10,18,21H,11-17,19H2. The summed E-state index contributed by atoms with van der Waals surface area (Å²) < 4.78 is 6.44. The number of amides is 1. The molecule has 1 aliphatic carbocycles. The molecule has 0 atom stereocenters. The molecule has 1 saturated carbocycles. The van der Waals surface area contributed by atoms with Crippen LogP contribution in [-0.4, -0.2) is 40.9 Å². The van der Waals surface area contributed by atoms with Crippen LogP contribution in [0.1, 0.15) is 41.6 Å². The number of allylic oxidation sites excluding steroid dienone is 1. The highest BCUT2D eigenvalue weighted by molar-refractivity contribution is 5.95. The van der Waals surface area contributed by atoms with Gasteiger partial charge < -0.3 is 9.64 Å². The Hall–Kier alpha value is -2.59. The SMILES string of the molecule is O=C(c1ccccc1)N1C=C(C2CCN(Cc3ccccc3)CC2)OC2(CC2)C1. The van der Waals surface area contributed by atoms with Crippen LogP contribution in [0.4, 0.5) is 0 Å². The van der Waals surface area contributed by atoms with Gasteiger partial charge in [0.2, 0.25) is 0 Å². The molecule has 0 unspecified atom stereocenters. The second kappa shape index (κ2) is 7.68. The van der Waals surface area contributed by atoms with Crippen LogP contribution in [0.25, 0.3) is 0 Å². The van der Waals surface area contributed by atoms with Gasteiger partial charge in [0.25, 0.3) is 5.91 Å². The molecule has 1 amide bonds. The minimum Gasteiger partial charge on any atom is -0.488 e. The molecule has 2 heterocycles. The van der Waals surface area contributed by atoms with Crippen molar-refractivity contribution in [2.75, 3.05) is 19.6 Å². The number of carbonyl (C=O) groups is 1. The van der Waals surface area contributed by atoms with Crippen LogP contribution in [0.5, 0.6) is 0 Å². The van der Waals surface area contributed by atoms with E-state index in [1.54, 1.807) is 0 Å². The Kier molecular flexibility index (Phi) is 4.88. The average Bonchev–Trinajstić information content (AvgIpc) is 3.52. The molecular weight excluding hydrogens is 360 g/mol. The summed E-state index contributed by atoms with van der Waals surface area (Å²) in [5.41, 5.74) is 1.99. The van der Waals surface area contributed by atoms with Gasteiger partial charge in [-0.3, -0.25) is 9.69 Å². The van der Waals surface area contributed by atoms with Gasteiger partial charge in [-0.1, -0.05) is 48.5 Å². The maximum atomic E-state index is 13.0. The van der Waals surface area contributed by atoms with Gasteiger partial charge in [0.15, 0.2) is 0 Å². The fourth-order valence-corrected chi connectivity index (χ4v) is 4.50. The molecule has 2 aromatic carbocycles. The molecule has 29 heavy (non-hydrogen) atoms. The third kappa shape index (κ3) is 4.08. The quantitative estimate of drug-likeness (QED) is 0.776. The van der Waals surface area contributed by atoms with Gasteiger partial charge in [-0.15, -0.1) is 0 Å². The maximum Gasteiger partial charge on any atom is 0.258 e. The Labute approximate surface area is 172 Å². The summed E-state index contributed by atoms with van der Waals surface area (Å²) in [6.45, 7) is 3.83. The van der Waals surface area contributed by atoms with Crippen molar-refractivity contribution in [2.24, 2.45) is 5.92 Å². The molecule has 4 heteroatoms. The van der Waals surface area contributed by atoms with Gasteiger partial charge in [-0.2, -0.15) is 0 Å². The fraction of sp³-hybridized carbons (Fsp3) is 0.400. The van der Waals surface area contributed by atoms with Crippen molar-refractivity contribution in [2.45, 2.75) is 37.8 Å². The van der Waals surface area contributed by atoms with Crippen molar-refractivity contribution in [1.29, 1.82) is 0 Å².